The molecule has 36 heavy (non-hydrogen) atoms. The molecule has 1 N–H and O–H groups in total. The number of hydrogen-bond acceptors (Lipinski definition) is 6. The molecule has 2 rings (SSSR count). The van der Waals surface area contributed by atoms with Crippen LogP contribution in [0.3, 0.4) is 0 Å². The zero-order valence-electron chi connectivity index (χ0n) is 19.1. The minimum atomic E-state index is -5.83. The number of piperidine rings is 1. The van der Waals surface area contributed by atoms with E-state index in [4.69, 9.17) is 4.74 Å². The van der Waals surface area contributed by atoms with Crippen LogP contribution in [0.2, 0.25) is 0 Å². The van der Waals surface area contributed by atoms with Gasteiger partial charge in [-0.2, -0.15) is 30.6 Å². The second-order valence-electron chi connectivity index (χ2n) is 9.04. The molecule has 0 spiro atoms. The summed E-state index contributed by atoms with van der Waals surface area (Å²) in [4.78, 5) is 11.7. The van der Waals surface area contributed by atoms with Crippen molar-refractivity contribution in [1.82, 2.24) is 9.03 Å². The van der Waals surface area contributed by atoms with E-state index in [-0.39, 0.29) is 0 Å². The van der Waals surface area contributed by atoms with Crippen molar-refractivity contribution < 1.29 is 57.1 Å². The van der Waals surface area contributed by atoms with Gasteiger partial charge in [0.05, 0.1) is 16.0 Å². The van der Waals surface area contributed by atoms with E-state index in [1.165, 1.54) is 20.8 Å². The second kappa shape index (κ2) is 9.72. The van der Waals surface area contributed by atoms with Crippen LogP contribution in [-0.4, -0.2) is 63.5 Å². The first kappa shape index (κ1) is 30.2. The van der Waals surface area contributed by atoms with Crippen LogP contribution in [0.1, 0.15) is 49.5 Å². The predicted octanol–water partition coefficient (Wildman–Crippen LogP) is 3.59. The number of esters is 1. The molecule has 1 aliphatic heterocycles. The SMILES string of the molecule is CC(C)(C)OC(=O)c1cc(C(F)(F)F)ccc1S(=O)(=O)N1CCC(F)(CNS(=O)(=O)C(F)(F)F)CC1. The summed E-state index contributed by atoms with van der Waals surface area (Å²) in [6.45, 7) is 1.65. The number of sulfonamides is 2. The van der Waals surface area contributed by atoms with Gasteiger partial charge in [-0.3, -0.25) is 0 Å². The maximum Gasteiger partial charge on any atom is 0.511 e. The average Bonchev–Trinajstić information content (AvgIpc) is 2.69. The Morgan fingerprint density at radius 2 is 1.56 bits per heavy atom. The maximum absolute atomic E-state index is 14.9. The average molecular weight is 573 g/mol. The number of halogens is 7. The van der Waals surface area contributed by atoms with Gasteiger partial charge in [0.1, 0.15) is 11.3 Å². The lowest BCUT2D eigenvalue weighted by molar-refractivity contribution is -0.137. The number of rotatable bonds is 6. The maximum atomic E-state index is 14.9. The molecular formula is C19H23F7N2O6S2. The molecule has 0 saturated carbocycles. The normalized spacial score (nSPS) is 18.2. The summed E-state index contributed by atoms with van der Waals surface area (Å²) in [6.07, 6.45) is -6.37. The molecule has 0 aliphatic carbocycles. The van der Waals surface area contributed by atoms with E-state index >= 15 is 0 Å². The van der Waals surface area contributed by atoms with E-state index < -0.39 is 97.5 Å². The Morgan fingerprint density at radius 1 is 1.03 bits per heavy atom. The highest BCUT2D eigenvalue weighted by molar-refractivity contribution is 7.90. The van der Waals surface area contributed by atoms with Crippen molar-refractivity contribution in [2.75, 3.05) is 19.6 Å². The fourth-order valence-corrected chi connectivity index (χ4v) is 5.39. The van der Waals surface area contributed by atoms with Crippen LogP contribution >= 0.6 is 0 Å². The molecule has 8 nitrogen and oxygen atoms in total. The zero-order chi connectivity index (χ0) is 28.0. The molecular weight excluding hydrogens is 549 g/mol. The largest absolute Gasteiger partial charge is 0.511 e. The van der Waals surface area contributed by atoms with E-state index in [1.54, 1.807) is 0 Å². The molecule has 0 amide bonds. The van der Waals surface area contributed by atoms with Crippen molar-refractivity contribution in [2.24, 2.45) is 0 Å². The van der Waals surface area contributed by atoms with Crippen molar-refractivity contribution in [2.45, 2.75) is 61.5 Å². The number of carbonyl (C=O) groups is 1. The van der Waals surface area contributed by atoms with Gasteiger partial charge in [-0.25, -0.2) is 30.7 Å². The van der Waals surface area contributed by atoms with Crippen molar-refractivity contribution in [3.8, 4) is 0 Å². The summed E-state index contributed by atoms with van der Waals surface area (Å²) in [7, 11) is -10.5. The molecule has 0 aromatic heterocycles. The van der Waals surface area contributed by atoms with E-state index in [0.29, 0.717) is 22.5 Å². The number of benzene rings is 1. The molecule has 0 atom stereocenters. The van der Waals surface area contributed by atoms with Crippen LogP contribution in [0.25, 0.3) is 0 Å². The number of alkyl halides is 7. The Kier molecular flexibility index (Phi) is 8.17. The minimum absolute atomic E-state index is 0.316. The number of nitrogens with one attached hydrogen (secondary N) is 1. The standard InChI is InChI=1S/C19H23F7N2O6S2/c1-16(2,3)34-15(29)13-10-12(18(21,22)23)4-5-14(13)35(30,31)28-8-6-17(20,7-9-28)11-27-36(32,33)19(24,25)26/h4-5,10,27H,6-9,11H2,1-3H3. The summed E-state index contributed by atoms with van der Waals surface area (Å²) in [5.41, 5.74) is -11.6. The third-order valence-electron chi connectivity index (χ3n) is 5.05. The second-order valence-corrected chi connectivity index (χ2v) is 12.7. The number of nitrogens with zero attached hydrogens (tertiary/aromatic N) is 1. The molecule has 17 heteroatoms. The van der Waals surface area contributed by atoms with E-state index in [9.17, 15) is 52.4 Å². The summed E-state index contributed by atoms with van der Waals surface area (Å²) in [6, 6.07) is 1.32. The Labute approximate surface area is 202 Å². The summed E-state index contributed by atoms with van der Waals surface area (Å²) in [5, 5.41) is 0. The van der Waals surface area contributed by atoms with Crippen molar-refractivity contribution >= 4 is 26.0 Å². The van der Waals surface area contributed by atoms with Gasteiger partial charge in [0.2, 0.25) is 10.0 Å². The van der Waals surface area contributed by atoms with Gasteiger partial charge < -0.3 is 4.74 Å². The van der Waals surface area contributed by atoms with Crippen LogP contribution in [0, 0.1) is 0 Å². The summed E-state index contributed by atoms with van der Waals surface area (Å²) < 4.78 is 147. The Balaban J connectivity index is 2.32. The molecule has 0 bridgehead atoms. The van der Waals surface area contributed by atoms with E-state index in [2.05, 4.69) is 0 Å². The predicted molar refractivity (Wildman–Crippen MR) is 111 cm³/mol. The first-order valence-electron chi connectivity index (χ1n) is 10.2. The molecule has 0 unspecified atom stereocenters. The van der Waals surface area contributed by atoms with Crippen LogP contribution in [0.5, 0.6) is 0 Å². The number of ether oxygens (including phenoxy) is 1. The summed E-state index contributed by atoms with van der Waals surface area (Å²) >= 11 is 0. The highest BCUT2D eigenvalue weighted by Crippen LogP contribution is 2.35. The first-order chi connectivity index (χ1) is 16.0. The lowest BCUT2D eigenvalue weighted by Gasteiger charge is -2.36. The smallest absolute Gasteiger partial charge is 0.456 e. The Hall–Kier alpha value is -1.98. The zero-order valence-corrected chi connectivity index (χ0v) is 20.8. The topological polar surface area (TPSA) is 110 Å². The Bertz CT molecular complexity index is 1200. The number of hydrogen-bond donors (Lipinski definition) is 1. The van der Waals surface area contributed by atoms with Crippen LogP contribution < -0.4 is 4.72 Å². The van der Waals surface area contributed by atoms with Gasteiger partial charge in [-0.05, 0) is 51.8 Å². The van der Waals surface area contributed by atoms with Gasteiger partial charge in [0.25, 0.3) is 0 Å². The quantitative estimate of drug-likeness (QED) is 0.412. The minimum Gasteiger partial charge on any atom is -0.456 e. The third-order valence-corrected chi connectivity index (χ3v) is 8.14. The van der Waals surface area contributed by atoms with Crippen LogP contribution in [-0.2, 0) is 31.0 Å². The summed E-state index contributed by atoms with van der Waals surface area (Å²) in [5.74, 6) is -1.36. The molecule has 1 heterocycles. The van der Waals surface area contributed by atoms with Gasteiger partial charge >= 0.3 is 27.7 Å². The Morgan fingerprint density at radius 3 is 2.00 bits per heavy atom. The molecule has 1 aliphatic rings. The lowest BCUT2D eigenvalue weighted by Crippen LogP contribution is -2.51. The van der Waals surface area contributed by atoms with Gasteiger partial charge in [0.15, 0.2) is 0 Å². The molecule has 0 radical (unpaired) electrons. The van der Waals surface area contributed by atoms with Gasteiger partial charge in [-0.1, -0.05) is 0 Å². The fourth-order valence-electron chi connectivity index (χ4n) is 3.17. The monoisotopic (exact) mass is 572 g/mol. The van der Waals surface area contributed by atoms with Crippen molar-refractivity contribution in [3.63, 3.8) is 0 Å². The first-order valence-corrected chi connectivity index (χ1v) is 13.1. The number of carbonyl (C=O) groups excluding carboxylic acids is 1. The van der Waals surface area contributed by atoms with Crippen LogP contribution in [0.4, 0.5) is 30.7 Å². The fraction of sp³-hybridized carbons (Fsp3) is 0.632. The molecule has 1 aromatic rings. The highest BCUT2D eigenvalue weighted by Gasteiger charge is 2.48. The molecule has 1 aromatic carbocycles. The lowest BCUT2D eigenvalue weighted by atomic mass is 9.95. The molecule has 206 valence electrons. The van der Waals surface area contributed by atoms with Gasteiger partial charge in [-0.15, -0.1) is 0 Å². The van der Waals surface area contributed by atoms with Gasteiger partial charge in [0, 0.05) is 19.6 Å². The molecule has 1 fully saturated rings. The van der Waals surface area contributed by atoms with E-state index in [0.717, 1.165) is 4.72 Å². The highest BCUT2D eigenvalue weighted by atomic mass is 32.2. The third kappa shape index (κ3) is 7.07. The van der Waals surface area contributed by atoms with Crippen molar-refractivity contribution in [1.29, 1.82) is 0 Å². The molecule has 1 saturated heterocycles. The van der Waals surface area contributed by atoms with E-state index in [1.807, 2.05) is 0 Å². The van der Waals surface area contributed by atoms with Crippen LogP contribution in [0.15, 0.2) is 23.1 Å². The van der Waals surface area contributed by atoms with Crippen molar-refractivity contribution in [3.05, 3.63) is 29.3 Å².